The molecular formula is C53H50N4O6. The van der Waals surface area contributed by atoms with E-state index in [9.17, 15) is 14.7 Å². The molecule has 0 saturated heterocycles. The Morgan fingerprint density at radius 1 is 0.603 bits per heavy atom. The molecule has 0 aliphatic heterocycles. The van der Waals surface area contributed by atoms with Gasteiger partial charge in [0.1, 0.15) is 11.5 Å². The van der Waals surface area contributed by atoms with Crippen molar-refractivity contribution in [3.63, 3.8) is 0 Å². The first-order chi connectivity index (χ1) is 30.6. The summed E-state index contributed by atoms with van der Waals surface area (Å²) >= 11 is 0. The van der Waals surface area contributed by atoms with Crippen molar-refractivity contribution in [3.8, 4) is 33.8 Å². The Balaban J connectivity index is 0.000000160. The second kappa shape index (κ2) is 17.3. The van der Waals surface area contributed by atoms with Crippen LogP contribution in [0.25, 0.3) is 44.1 Å². The topological polar surface area (TPSA) is 118 Å². The normalized spacial score (nSPS) is 13.4. The zero-order chi connectivity index (χ0) is 43.8. The van der Waals surface area contributed by atoms with E-state index in [0.29, 0.717) is 41.5 Å². The summed E-state index contributed by atoms with van der Waals surface area (Å²) in [5.74, 6) is 1.43. The Hall–Kier alpha value is -7.20. The number of hydrogen-bond acceptors (Lipinski definition) is 7. The molecule has 4 aromatic heterocycles. The van der Waals surface area contributed by atoms with E-state index >= 15 is 0 Å². The molecule has 10 rings (SSSR count). The molecule has 0 unspecified atom stereocenters. The number of carbonyl (C=O) groups excluding carboxylic acids is 1. The number of fused-ring (bicyclic) bond motifs is 2. The molecule has 63 heavy (non-hydrogen) atoms. The van der Waals surface area contributed by atoms with Gasteiger partial charge in [-0.05, 0) is 108 Å². The van der Waals surface area contributed by atoms with Gasteiger partial charge < -0.3 is 28.5 Å². The molecule has 1 N–H and O–H groups in total. The quantitative estimate of drug-likeness (QED) is 0.121. The minimum Gasteiger partial charge on any atom is -0.496 e. The summed E-state index contributed by atoms with van der Waals surface area (Å²) < 4.78 is 20.5. The van der Waals surface area contributed by atoms with Crippen LogP contribution in [0, 0.1) is 0 Å². The summed E-state index contributed by atoms with van der Waals surface area (Å²) in [6, 6.07) is 32.5. The maximum absolute atomic E-state index is 12.5. The summed E-state index contributed by atoms with van der Waals surface area (Å²) in [6.07, 6.45) is 13.6. The van der Waals surface area contributed by atoms with Crippen LogP contribution in [0.2, 0.25) is 0 Å². The van der Waals surface area contributed by atoms with Gasteiger partial charge in [-0.15, -0.1) is 0 Å². The van der Waals surface area contributed by atoms with Crippen molar-refractivity contribution in [1.29, 1.82) is 0 Å². The maximum atomic E-state index is 12.5. The Kier molecular flexibility index (Phi) is 11.3. The Morgan fingerprint density at radius 2 is 1.05 bits per heavy atom. The van der Waals surface area contributed by atoms with Gasteiger partial charge in [-0.3, -0.25) is 9.97 Å². The van der Waals surface area contributed by atoms with E-state index < -0.39 is 5.97 Å². The number of methoxy groups -OCH3 is 3. The fourth-order valence-corrected chi connectivity index (χ4v) is 8.70. The number of aryl methyl sites for hydroxylation is 2. The van der Waals surface area contributed by atoms with Crippen LogP contribution in [0.3, 0.4) is 0 Å². The second-order valence-corrected chi connectivity index (χ2v) is 16.6. The number of ether oxygens (including phenoxy) is 3. The van der Waals surface area contributed by atoms with Gasteiger partial charge >= 0.3 is 11.9 Å². The fourth-order valence-electron chi connectivity index (χ4n) is 8.70. The van der Waals surface area contributed by atoms with E-state index in [1.807, 2.05) is 68.0 Å². The van der Waals surface area contributed by atoms with E-state index in [1.54, 1.807) is 14.2 Å². The van der Waals surface area contributed by atoms with E-state index in [1.165, 1.54) is 7.11 Å². The van der Waals surface area contributed by atoms with Crippen molar-refractivity contribution >= 4 is 33.7 Å². The van der Waals surface area contributed by atoms with E-state index in [4.69, 9.17) is 14.2 Å². The smallest absolute Gasteiger partial charge is 0.339 e. The fraction of sp³-hybridized carbons (Fsp3) is 0.245. The number of nitrogens with zero attached hydrogens (tertiary/aromatic N) is 4. The highest BCUT2D eigenvalue weighted by Gasteiger charge is 2.27. The van der Waals surface area contributed by atoms with E-state index in [2.05, 4.69) is 87.1 Å². The number of carboxylic acids is 1. The standard InChI is InChI=1S/C27H26N2O3.C26H24N2O3/c1-29-16-23(20-6-4-5-7-26(20)31-2)21-12-17(8-11-25(21)29)13-24-22(27(30)32-3)14-19(15-28-24)18-9-10-18;1-28-15-22(19-5-3-4-6-25(19)31-2)20-11-16(7-10-24(20)28)12-23-21(26(29)30)13-18(14-27-23)17-8-9-17/h4-8,11-12,14-16,18H,9-10,13H2,1-3H3;3-7,10-11,13-15,17H,8-9,12H2,1-2H3,(H,29,30). The van der Waals surface area contributed by atoms with Crippen molar-refractivity contribution in [2.75, 3.05) is 21.3 Å². The highest BCUT2D eigenvalue weighted by Crippen LogP contribution is 2.42. The van der Waals surface area contributed by atoms with Crippen LogP contribution in [-0.2, 0) is 31.7 Å². The van der Waals surface area contributed by atoms with Gasteiger partial charge in [-0.1, -0.05) is 48.5 Å². The summed E-state index contributed by atoms with van der Waals surface area (Å²) in [4.78, 5) is 33.6. The number of para-hydroxylation sites is 2. The molecule has 10 heteroatoms. The predicted octanol–water partition coefficient (Wildman–Crippen LogP) is 10.9. The summed E-state index contributed by atoms with van der Waals surface area (Å²) in [6.45, 7) is 0. The van der Waals surface area contributed by atoms with Crippen molar-refractivity contribution < 1.29 is 28.9 Å². The predicted molar refractivity (Wildman–Crippen MR) is 246 cm³/mol. The minimum atomic E-state index is -0.916. The lowest BCUT2D eigenvalue weighted by Crippen LogP contribution is -2.09. The molecule has 318 valence electrons. The van der Waals surface area contributed by atoms with Gasteiger partial charge in [-0.2, -0.15) is 0 Å². The van der Waals surface area contributed by atoms with Crippen molar-refractivity contribution in [3.05, 3.63) is 167 Å². The summed E-state index contributed by atoms with van der Waals surface area (Å²) in [5.41, 5.74) is 13.1. The number of carbonyl (C=O) groups is 2. The molecule has 2 aliphatic rings. The molecule has 0 radical (unpaired) electrons. The Labute approximate surface area is 366 Å². The summed E-state index contributed by atoms with van der Waals surface area (Å²) in [7, 11) is 8.88. The molecule has 10 nitrogen and oxygen atoms in total. The monoisotopic (exact) mass is 838 g/mol. The molecule has 0 amide bonds. The van der Waals surface area contributed by atoms with Crippen LogP contribution in [-0.4, -0.2) is 57.5 Å². The molecule has 4 heterocycles. The highest BCUT2D eigenvalue weighted by molar-refractivity contribution is 5.99. The molecule has 2 fully saturated rings. The van der Waals surface area contributed by atoms with Gasteiger partial charge in [0.25, 0.3) is 0 Å². The van der Waals surface area contributed by atoms with Gasteiger partial charge in [0.15, 0.2) is 0 Å². The highest BCUT2D eigenvalue weighted by atomic mass is 16.5. The SMILES string of the molecule is COC(=O)c1cc(C2CC2)cnc1Cc1ccc2c(c1)c(-c1ccccc1OC)cn2C.COc1ccccc1-c1cn(C)c2ccc(Cc3ncc(C4CC4)cc3C(=O)O)cc12. The molecular weight excluding hydrogens is 789 g/mol. The van der Waals surface area contributed by atoms with Gasteiger partial charge in [-0.25, -0.2) is 9.59 Å². The van der Waals surface area contributed by atoms with Crippen LogP contribution in [0.4, 0.5) is 0 Å². The zero-order valence-corrected chi connectivity index (χ0v) is 36.2. The first kappa shape index (κ1) is 41.2. The molecule has 0 bridgehead atoms. The van der Waals surface area contributed by atoms with Gasteiger partial charge in [0.05, 0.1) is 43.8 Å². The Morgan fingerprint density at radius 3 is 1.48 bits per heavy atom. The second-order valence-electron chi connectivity index (χ2n) is 16.6. The van der Waals surface area contributed by atoms with E-state index in [-0.39, 0.29) is 5.97 Å². The van der Waals surface area contributed by atoms with Crippen molar-refractivity contribution in [2.45, 2.75) is 50.4 Å². The number of hydrogen-bond donors (Lipinski definition) is 1. The lowest BCUT2D eigenvalue weighted by Gasteiger charge is -2.10. The van der Waals surface area contributed by atoms with Crippen LogP contribution in [0.5, 0.6) is 11.5 Å². The van der Waals surface area contributed by atoms with Crippen LogP contribution in [0.15, 0.2) is 122 Å². The lowest BCUT2D eigenvalue weighted by molar-refractivity contribution is 0.0598. The average Bonchev–Trinajstić information content (AvgIpc) is 4.26. The third-order valence-electron chi connectivity index (χ3n) is 12.4. The lowest BCUT2D eigenvalue weighted by atomic mass is 9.98. The maximum Gasteiger partial charge on any atom is 0.339 e. The number of esters is 1. The molecule has 8 aromatic rings. The molecule has 4 aromatic carbocycles. The number of benzene rings is 4. The molecule has 2 aliphatic carbocycles. The molecule has 2 saturated carbocycles. The third-order valence-corrected chi connectivity index (χ3v) is 12.4. The number of carboxylic acid groups (broad SMARTS) is 1. The zero-order valence-electron chi connectivity index (χ0n) is 36.2. The molecule has 0 atom stereocenters. The average molecular weight is 839 g/mol. The third kappa shape index (κ3) is 8.41. The first-order valence-corrected chi connectivity index (χ1v) is 21.4. The number of aromatic nitrogens is 4. The Bertz CT molecular complexity index is 3030. The number of pyridine rings is 2. The van der Waals surface area contributed by atoms with E-state index in [0.717, 1.165) is 109 Å². The van der Waals surface area contributed by atoms with Crippen molar-refractivity contribution in [2.24, 2.45) is 14.1 Å². The molecule has 0 spiro atoms. The minimum absolute atomic E-state index is 0.308. The number of aromatic carboxylic acids is 1. The van der Waals surface area contributed by atoms with Gasteiger partial charge in [0, 0.05) is 95.8 Å². The largest absolute Gasteiger partial charge is 0.496 e. The van der Waals surface area contributed by atoms with Crippen LogP contribution in [0.1, 0.15) is 91.9 Å². The van der Waals surface area contributed by atoms with Gasteiger partial charge in [0.2, 0.25) is 0 Å². The summed E-state index contributed by atoms with van der Waals surface area (Å²) in [5, 5.41) is 12.0. The van der Waals surface area contributed by atoms with Crippen LogP contribution < -0.4 is 9.47 Å². The first-order valence-electron chi connectivity index (χ1n) is 21.4. The number of rotatable bonds is 12. The van der Waals surface area contributed by atoms with Crippen molar-refractivity contribution in [1.82, 2.24) is 19.1 Å². The van der Waals surface area contributed by atoms with Crippen LogP contribution >= 0.6 is 0 Å².